The molecular weight excluding hydrogens is 236 g/mol. The molecule has 0 bridgehead atoms. The first-order valence-electron chi connectivity index (χ1n) is 5.76. The summed E-state index contributed by atoms with van der Waals surface area (Å²) in [6, 6.07) is 0.225. The lowest BCUT2D eigenvalue weighted by Gasteiger charge is -2.08. The van der Waals surface area contributed by atoms with Gasteiger partial charge in [0.05, 0.1) is 13.2 Å². The van der Waals surface area contributed by atoms with Gasteiger partial charge in [0.1, 0.15) is 0 Å². The molecule has 0 aliphatic rings. The number of ether oxygens (including phenoxy) is 1. The molecule has 3 N–H and O–H groups in total. The largest absolute Gasteiger partial charge is 0.464 e. The number of nitrogens with one attached hydrogen (secondary N) is 3. The minimum absolute atomic E-state index is 0.0949. The lowest BCUT2D eigenvalue weighted by Crippen LogP contribution is -2.27. The molecule has 1 amide bonds. The van der Waals surface area contributed by atoms with Gasteiger partial charge in [-0.3, -0.25) is 4.79 Å². The quantitative estimate of drug-likeness (QED) is 0.622. The number of hydrogen-bond acceptors (Lipinski definition) is 7. The minimum Gasteiger partial charge on any atom is -0.464 e. The van der Waals surface area contributed by atoms with Crippen molar-refractivity contribution < 1.29 is 9.53 Å². The van der Waals surface area contributed by atoms with Gasteiger partial charge in [-0.15, -0.1) is 0 Å². The maximum Gasteiger partial charge on any atom is 0.323 e. The van der Waals surface area contributed by atoms with Crippen molar-refractivity contribution in [1.82, 2.24) is 20.3 Å². The highest BCUT2D eigenvalue weighted by Crippen LogP contribution is 2.10. The lowest BCUT2D eigenvalue weighted by molar-refractivity contribution is -0.118. The number of nitrogens with zero attached hydrogens (tertiary/aromatic N) is 3. The van der Waals surface area contributed by atoms with Crippen molar-refractivity contribution in [2.45, 2.75) is 13.8 Å². The van der Waals surface area contributed by atoms with Crippen molar-refractivity contribution in [1.29, 1.82) is 0 Å². The second kappa shape index (κ2) is 7.25. The van der Waals surface area contributed by atoms with Gasteiger partial charge in [0.2, 0.25) is 17.8 Å². The van der Waals surface area contributed by atoms with Crippen molar-refractivity contribution in [3.05, 3.63) is 0 Å². The van der Waals surface area contributed by atoms with Crippen LogP contribution in [0.2, 0.25) is 0 Å². The highest BCUT2D eigenvalue weighted by molar-refractivity contribution is 5.79. The first kappa shape index (κ1) is 13.9. The molecule has 0 spiro atoms. The fourth-order valence-corrected chi connectivity index (χ4v) is 1.11. The van der Waals surface area contributed by atoms with E-state index in [1.165, 1.54) is 0 Å². The Morgan fingerprint density at radius 3 is 2.39 bits per heavy atom. The molecule has 1 heterocycles. The van der Waals surface area contributed by atoms with E-state index in [2.05, 4.69) is 30.9 Å². The van der Waals surface area contributed by atoms with E-state index in [1.54, 1.807) is 7.05 Å². The second-order valence-electron chi connectivity index (χ2n) is 3.26. The molecule has 1 aromatic rings. The van der Waals surface area contributed by atoms with Gasteiger partial charge in [0, 0.05) is 13.6 Å². The molecule has 100 valence electrons. The van der Waals surface area contributed by atoms with E-state index in [-0.39, 0.29) is 18.5 Å². The van der Waals surface area contributed by atoms with Crippen LogP contribution in [-0.2, 0) is 4.79 Å². The van der Waals surface area contributed by atoms with Gasteiger partial charge in [0.15, 0.2) is 0 Å². The van der Waals surface area contributed by atoms with Crippen molar-refractivity contribution in [2.75, 3.05) is 37.4 Å². The molecule has 0 aliphatic carbocycles. The van der Waals surface area contributed by atoms with Gasteiger partial charge >= 0.3 is 6.01 Å². The Labute approximate surface area is 106 Å². The molecule has 0 radical (unpaired) electrons. The monoisotopic (exact) mass is 254 g/mol. The van der Waals surface area contributed by atoms with Crippen LogP contribution in [0.5, 0.6) is 6.01 Å². The topological polar surface area (TPSA) is 101 Å². The molecule has 0 atom stereocenters. The highest BCUT2D eigenvalue weighted by atomic mass is 16.5. The zero-order valence-electron chi connectivity index (χ0n) is 10.8. The first-order valence-corrected chi connectivity index (χ1v) is 5.76. The molecule has 0 fully saturated rings. The summed E-state index contributed by atoms with van der Waals surface area (Å²) >= 11 is 0. The Morgan fingerprint density at radius 2 is 1.83 bits per heavy atom. The Bertz CT molecular complexity index is 374. The van der Waals surface area contributed by atoms with Crippen LogP contribution in [0.1, 0.15) is 13.8 Å². The first-order chi connectivity index (χ1) is 8.69. The Kier molecular flexibility index (Phi) is 5.62. The Hall–Kier alpha value is -2.12. The van der Waals surface area contributed by atoms with E-state index in [0.29, 0.717) is 25.0 Å². The number of likely N-dealkylation sites (N-methyl/N-ethyl adjacent to an activating group) is 1. The fraction of sp³-hybridized carbons (Fsp3) is 0.600. The predicted molar refractivity (Wildman–Crippen MR) is 67.7 cm³/mol. The van der Waals surface area contributed by atoms with Gasteiger partial charge in [-0.2, -0.15) is 15.0 Å². The van der Waals surface area contributed by atoms with Crippen LogP contribution in [0.4, 0.5) is 11.9 Å². The third kappa shape index (κ3) is 4.40. The zero-order chi connectivity index (χ0) is 13.4. The number of aromatic nitrogens is 3. The SMILES string of the molecule is CCNc1nc(NCC(=O)NC)nc(OCC)n1. The van der Waals surface area contributed by atoms with E-state index < -0.39 is 0 Å². The molecule has 0 aromatic carbocycles. The predicted octanol–water partition coefficient (Wildman–Crippen LogP) is -0.140. The number of hydrogen-bond donors (Lipinski definition) is 3. The van der Waals surface area contributed by atoms with Crippen molar-refractivity contribution in [2.24, 2.45) is 0 Å². The second-order valence-corrected chi connectivity index (χ2v) is 3.26. The number of amides is 1. The molecule has 8 heteroatoms. The highest BCUT2D eigenvalue weighted by Gasteiger charge is 2.07. The van der Waals surface area contributed by atoms with Crippen LogP contribution in [0.25, 0.3) is 0 Å². The number of carbonyl (C=O) groups is 1. The summed E-state index contributed by atoms with van der Waals surface area (Å²) < 4.78 is 5.22. The Morgan fingerprint density at radius 1 is 1.17 bits per heavy atom. The fourth-order valence-electron chi connectivity index (χ4n) is 1.11. The lowest BCUT2D eigenvalue weighted by atomic mass is 10.6. The van der Waals surface area contributed by atoms with Gasteiger partial charge in [0.25, 0.3) is 0 Å². The third-order valence-electron chi connectivity index (χ3n) is 1.91. The maximum atomic E-state index is 11.1. The van der Waals surface area contributed by atoms with Gasteiger partial charge in [-0.05, 0) is 13.8 Å². The van der Waals surface area contributed by atoms with Crippen LogP contribution in [0.3, 0.4) is 0 Å². The summed E-state index contributed by atoms with van der Waals surface area (Å²) in [6.45, 7) is 5.02. The minimum atomic E-state index is -0.154. The normalized spacial score (nSPS) is 9.72. The number of carbonyl (C=O) groups excluding carboxylic acids is 1. The van der Waals surface area contributed by atoms with Crippen LogP contribution in [0, 0.1) is 0 Å². The van der Waals surface area contributed by atoms with E-state index in [0.717, 1.165) is 0 Å². The molecule has 0 saturated carbocycles. The van der Waals surface area contributed by atoms with Crippen molar-refractivity contribution >= 4 is 17.8 Å². The average molecular weight is 254 g/mol. The van der Waals surface area contributed by atoms with Crippen LogP contribution >= 0.6 is 0 Å². The molecular formula is C10H18N6O2. The summed E-state index contributed by atoms with van der Waals surface area (Å²) in [5, 5.41) is 8.26. The van der Waals surface area contributed by atoms with Crippen molar-refractivity contribution in [3.63, 3.8) is 0 Å². The van der Waals surface area contributed by atoms with E-state index in [9.17, 15) is 4.79 Å². The van der Waals surface area contributed by atoms with E-state index >= 15 is 0 Å². The Balaban J connectivity index is 2.78. The molecule has 18 heavy (non-hydrogen) atoms. The molecule has 8 nitrogen and oxygen atoms in total. The molecule has 0 unspecified atom stereocenters. The zero-order valence-corrected chi connectivity index (χ0v) is 10.8. The third-order valence-corrected chi connectivity index (χ3v) is 1.91. The summed E-state index contributed by atoms with van der Waals surface area (Å²) in [5.41, 5.74) is 0. The standard InChI is InChI=1S/C10H18N6O2/c1-4-12-8-14-9(13-6-7(17)11-3)16-10(15-8)18-5-2/h4-6H2,1-3H3,(H,11,17)(H2,12,13,14,15,16). The summed E-state index contributed by atoms with van der Waals surface area (Å²) in [6.07, 6.45) is 0. The summed E-state index contributed by atoms with van der Waals surface area (Å²) in [4.78, 5) is 23.3. The number of anilines is 2. The smallest absolute Gasteiger partial charge is 0.323 e. The van der Waals surface area contributed by atoms with Gasteiger partial charge in [-0.1, -0.05) is 0 Å². The maximum absolute atomic E-state index is 11.1. The van der Waals surface area contributed by atoms with Crippen LogP contribution in [0.15, 0.2) is 0 Å². The van der Waals surface area contributed by atoms with Gasteiger partial charge in [-0.25, -0.2) is 0 Å². The van der Waals surface area contributed by atoms with Crippen molar-refractivity contribution in [3.8, 4) is 6.01 Å². The molecule has 1 aromatic heterocycles. The number of rotatable bonds is 7. The molecule has 1 rings (SSSR count). The van der Waals surface area contributed by atoms with E-state index in [1.807, 2.05) is 13.8 Å². The molecule has 0 saturated heterocycles. The molecule has 0 aliphatic heterocycles. The summed E-state index contributed by atoms with van der Waals surface area (Å²) in [7, 11) is 1.56. The van der Waals surface area contributed by atoms with Gasteiger partial charge < -0.3 is 20.7 Å². The van der Waals surface area contributed by atoms with Crippen LogP contribution in [-0.4, -0.2) is 47.6 Å². The summed E-state index contributed by atoms with van der Waals surface area (Å²) in [5.74, 6) is 0.557. The average Bonchev–Trinajstić information content (AvgIpc) is 2.36. The van der Waals surface area contributed by atoms with Crippen LogP contribution < -0.4 is 20.7 Å². The van der Waals surface area contributed by atoms with E-state index in [4.69, 9.17) is 4.74 Å².